The van der Waals surface area contributed by atoms with Crippen LogP contribution >= 0.6 is 15.9 Å². The lowest BCUT2D eigenvalue weighted by atomic mass is 10.1. The third kappa shape index (κ3) is 6.19. The Balaban J connectivity index is 1.66. The first-order valence-corrected chi connectivity index (χ1v) is 8.44. The molecule has 0 aliphatic carbocycles. The fraction of sp³-hybridized carbons (Fsp3) is 0.222. The maximum absolute atomic E-state index is 13.4. The Morgan fingerprint density at radius 3 is 2.44 bits per heavy atom. The Labute approximate surface area is 153 Å². The van der Waals surface area contributed by atoms with E-state index in [0.717, 1.165) is 4.47 Å². The molecule has 0 saturated carbocycles. The van der Waals surface area contributed by atoms with Gasteiger partial charge >= 0.3 is 0 Å². The second-order valence-corrected chi connectivity index (χ2v) is 6.23. The van der Waals surface area contributed by atoms with Gasteiger partial charge in [0.25, 0.3) is 11.8 Å². The van der Waals surface area contributed by atoms with Crippen molar-refractivity contribution < 1.29 is 18.7 Å². The summed E-state index contributed by atoms with van der Waals surface area (Å²) in [6.45, 7) is 2.00. The molecule has 0 bridgehead atoms. The second-order valence-electron chi connectivity index (χ2n) is 5.31. The van der Waals surface area contributed by atoms with Crippen LogP contribution in [-0.4, -0.2) is 31.5 Å². The van der Waals surface area contributed by atoms with Crippen molar-refractivity contribution in [3.63, 3.8) is 0 Å². The summed E-state index contributed by atoms with van der Waals surface area (Å²) in [4.78, 5) is 23.5. The maximum atomic E-state index is 13.4. The Morgan fingerprint density at radius 1 is 1.08 bits per heavy atom. The molecule has 25 heavy (non-hydrogen) atoms. The number of carbonyl (C=O) groups excluding carboxylic acids is 2. The summed E-state index contributed by atoms with van der Waals surface area (Å²) in [5.74, 6) is -0.517. The summed E-state index contributed by atoms with van der Waals surface area (Å²) < 4.78 is 19.7. The maximum Gasteiger partial charge on any atom is 0.258 e. The molecule has 0 atom stereocenters. The molecule has 2 rings (SSSR count). The lowest BCUT2D eigenvalue weighted by Crippen LogP contribution is -2.36. The second kappa shape index (κ2) is 9.17. The zero-order valence-electron chi connectivity index (χ0n) is 13.6. The van der Waals surface area contributed by atoms with E-state index in [1.807, 2.05) is 12.1 Å². The summed E-state index contributed by atoms with van der Waals surface area (Å²) in [6, 6.07) is 11.4. The minimum absolute atomic E-state index is 0.112. The lowest BCUT2D eigenvalue weighted by Gasteiger charge is -2.09. The van der Waals surface area contributed by atoms with Crippen LogP contribution in [0.3, 0.4) is 0 Å². The number of aryl methyl sites for hydroxylation is 1. The summed E-state index contributed by atoms with van der Waals surface area (Å²) >= 11 is 3.31. The van der Waals surface area contributed by atoms with Crippen molar-refractivity contribution in [2.24, 2.45) is 0 Å². The van der Waals surface area contributed by atoms with Crippen molar-refractivity contribution in [1.29, 1.82) is 0 Å². The van der Waals surface area contributed by atoms with Crippen molar-refractivity contribution >= 4 is 27.7 Å². The average molecular weight is 409 g/mol. The number of nitrogens with one attached hydrogen (secondary N) is 2. The first-order valence-electron chi connectivity index (χ1n) is 7.65. The van der Waals surface area contributed by atoms with Gasteiger partial charge in [0.1, 0.15) is 11.6 Å². The predicted octanol–water partition coefficient (Wildman–Crippen LogP) is 2.82. The number of carbonyl (C=O) groups is 2. The zero-order chi connectivity index (χ0) is 18.2. The summed E-state index contributed by atoms with van der Waals surface area (Å²) in [5, 5.41) is 5.24. The fourth-order valence-electron chi connectivity index (χ4n) is 1.94. The summed E-state index contributed by atoms with van der Waals surface area (Å²) in [7, 11) is 0. The van der Waals surface area contributed by atoms with Gasteiger partial charge in [0, 0.05) is 23.1 Å². The monoisotopic (exact) mass is 408 g/mol. The van der Waals surface area contributed by atoms with Crippen LogP contribution in [0.15, 0.2) is 46.9 Å². The smallest absolute Gasteiger partial charge is 0.258 e. The van der Waals surface area contributed by atoms with Crippen molar-refractivity contribution in [3.8, 4) is 5.75 Å². The molecule has 2 amide bonds. The summed E-state index contributed by atoms with van der Waals surface area (Å²) in [5.41, 5.74) is 0.725. The Morgan fingerprint density at radius 2 is 1.76 bits per heavy atom. The quantitative estimate of drug-likeness (QED) is 0.692. The Bertz CT molecular complexity index is 750. The van der Waals surface area contributed by atoms with E-state index in [1.165, 1.54) is 6.07 Å². The van der Waals surface area contributed by atoms with Crippen LogP contribution in [-0.2, 0) is 4.79 Å². The molecule has 0 radical (unpaired) electrons. The molecule has 0 aliphatic heterocycles. The van der Waals surface area contributed by atoms with Gasteiger partial charge in [-0.1, -0.05) is 22.0 Å². The van der Waals surface area contributed by atoms with Crippen LogP contribution in [0.1, 0.15) is 15.9 Å². The van der Waals surface area contributed by atoms with Crippen molar-refractivity contribution in [3.05, 3.63) is 63.9 Å². The molecule has 2 N–H and O–H groups in total. The number of rotatable bonds is 7. The van der Waals surface area contributed by atoms with Crippen molar-refractivity contribution in [2.45, 2.75) is 6.92 Å². The van der Waals surface area contributed by atoms with Gasteiger partial charge < -0.3 is 15.4 Å². The molecular weight excluding hydrogens is 391 g/mol. The molecule has 0 spiro atoms. The molecule has 0 heterocycles. The number of ether oxygens (including phenoxy) is 1. The number of halogens is 2. The summed E-state index contributed by atoms with van der Waals surface area (Å²) in [6.07, 6.45) is 0. The molecule has 0 unspecified atom stereocenters. The highest BCUT2D eigenvalue weighted by Gasteiger charge is 2.08. The van der Waals surface area contributed by atoms with Gasteiger partial charge in [-0.05, 0) is 48.9 Å². The van der Waals surface area contributed by atoms with Crippen LogP contribution < -0.4 is 15.4 Å². The first kappa shape index (κ1) is 18.9. The molecule has 0 saturated heterocycles. The fourth-order valence-corrected chi connectivity index (χ4v) is 2.21. The minimum atomic E-state index is -0.425. The van der Waals surface area contributed by atoms with E-state index in [0.29, 0.717) is 11.3 Å². The van der Waals surface area contributed by atoms with Gasteiger partial charge in [-0.3, -0.25) is 9.59 Å². The molecule has 2 aromatic carbocycles. The molecular formula is C18H18BrFN2O3. The van der Waals surface area contributed by atoms with Crippen LogP contribution in [0.4, 0.5) is 4.39 Å². The third-order valence-electron chi connectivity index (χ3n) is 3.35. The molecule has 0 fully saturated rings. The number of hydrogen-bond acceptors (Lipinski definition) is 3. The molecule has 132 valence electrons. The van der Waals surface area contributed by atoms with Gasteiger partial charge in [0.05, 0.1) is 0 Å². The normalized spacial score (nSPS) is 10.2. The predicted molar refractivity (Wildman–Crippen MR) is 96.1 cm³/mol. The van der Waals surface area contributed by atoms with Gasteiger partial charge in [-0.15, -0.1) is 0 Å². The largest absolute Gasteiger partial charge is 0.484 e. The molecule has 5 nitrogen and oxygen atoms in total. The standard InChI is InChI=1S/C18H18BrFN2O3/c1-12-2-3-13(10-16(12)20)18(24)22-9-8-21-17(23)11-25-15-6-4-14(19)5-7-15/h2-7,10H,8-9,11H2,1H3,(H,21,23)(H,22,24). The first-order chi connectivity index (χ1) is 12.0. The highest BCUT2D eigenvalue weighted by molar-refractivity contribution is 9.10. The van der Waals surface area contributed by atoms with E-state index in [-0.39, 0.29) is 37.1 Å². The number of amides is 2. The lowest BCUT2D eigenvalue weighted by molar-refractivity contribution is -0.123. The SMILES string of the molecule is Cc1ccc(C(=O)NCCNC(=O)COc2ccc(Br)cc2)cc1F. The van der Waals surface area contributed by atoms with Crippen LogP contribution in [0.5, 0.6) is 5.75 Å². The minimum Gasteiger partial charge on any atom is -0.484 e. The average Bonchev–Trinajstić information content (AvgIpc) is 2.60. The molecule has 0 aliphatic rings. The van der Waals surface area contributed by atoms with Gasteiger partial charge in [-0.25, -0.2) is 4.39 Å². The van der Waals surface area contributed by atoms with E-state index >= 15 is 0 Å². The number of benzene rings is 2. The van der Waals surface area contributed by atoms with Gasteiger partial charge in [0.15, 0.2) is 6.61 Å². The van der Waals surface area contributed by atoms with Crippen LogP contribution in [0.25, 0.3) is 0 Å². The Hall–Kier alpha value is -2.41. The molecule has 0 aromatic heterocycles. The van der Waals surface area contributed by atoms with E-state index in [1.54, 1.807) is 31.2 Å². The topological polar surface area (TPSA) is 67.4 Å². The van der Waals surface area contributed by atoms with Crippen LogP contribution in [0.2, 0.25) is 0 Å². The number of hydrogen-bond donors (Lipinski definition) is 2. The molecule has 2 aromatic rings. The van der Waals surface area contributed by atoms with Crippen molar-refractivity contribution in [2.75, 3.05) is 19.7 Å². The highest BCUT2D eigenvalue weighted by Crippen LogP contribution is 2.15. The molecule has 7 heteroatoms. The van der Waals surface area contributed by atoms with E-state index < -0.39 is 5.82 Å². The van der Waals surface area contributed by atoms with Gasteiger partial charge in [0.2, 0.25) is 0 Å². The highest BCUT2D eigenvalue weighted by atomic mass is 79.9. The van der Waals surface area contributed by atoms with E-state index in [4.69, 9.17) is 4.74 Å². The van der Waals surface area contributed by atoms with Crippen molar-refractivity contribution in [1.82, 2.24) is 10.6 Å². The third-order valence-corrected chi connectivity index (χ3v) is 3.88. The van der Waals surface area contributed by atoms with Crippen LogP contribution in [0, 0.1) is 12.7 Å². The van der Waals surface area contributed by atoms with Gasteiger partial charge in [-0.2, -0.15) is 0 Å². The van der Waals surface area contributed by atoms with E-state index in [2.05, 4.69) is 26.6 Å². The zero-order valence-corrected chi connectivity index (χ0v) is 15.2. The van der Waals surface area contributed by atoms with E-state index in [9.17, 15) is 14.0 Å². The Kier molecular flexibility index (Phi) is 6.94.